The molecule has 3 heterocycles. The predicted molar refractivity (Wildman–Crippen MR) is 86.9 cm³/mol. The molecule has 0 aliphatic carbocycles. The van der Waals surface area contributed by atoms with Gasteiger partial charge in [-0.1, -0.05) is 5.10 Å². The van der Waals surface area contributed by atoms with Crippen LogP contribution in [0.3, 0.4) is 0 Å². The van der Waals surface area contributed by atoms with Crippen LogP contribution in [0.25, 0.3) is 0 Å². The van der Waals surface area contributed by atoms with Crippen LogP contribution in [0.5, 0.6) is 0 Å². The van der Waals surface area contributed by atoms with Crippen molar-refractivity contribution in [2.45, 2.75) is 12.7 Å². The van der Waals surface area contributed by atoms with E-state index in [9.17, 15) is 18.0 Å². The second-order valence-electron chi connectivity index (χ2n) is 5.70. The van der Waals surface area contributed by atoms with Gasteiger partial charge >= 0.3 is 6.18 Å². The van der Waals surface area contributed by atoms with E-state index in [1.54, 1.807) is 7.05 Å². The standard InChI is InChI=1S/C13H14F3N11O/c1-25(6-9-19-23-27(3)21-9)10-7(4-5-8(17-10)13(14,15)16)11(28)18-12-20-22-24-26(12)2/h4-5H,6H2,1-3H3,(H,18,20,24,28). The smallest absolute Gasteiger partial charge is 0.351 e. The molecule has 148 valence electrons. The van der Waals surface area contributed by atoms with E-state index >= 15 is 0 Å². The number of nitrogens with zero attached hydrogens (tertiary/aromatic N) is 10. The Labute approximate surface area is 155 Å². The Bertz CT molecular complexity index is 996. The van der Waals surface area contributed by atoms with Gasteiger partial charge in [-0.2, -0.15) is 18.0 Å². The summed E-state index contributed by atoms with van der Waals surface area (Å²) in [7, 11) is 4.50. The van der Waals surface area contributed by atoms with Crippen molar-refractivity contribution < 1.29 is 18.0 Å². The van der Waals surface area contributed by atoms with Crippen molar-refractivity contribution in [2.75, 3.05) is 17.3 Å². The molecular weight excluding hydrogens is 383 g/mol. The van der Waals surface area contributed by atoms with Crippen LogP contribution in [0.2, 0.25) is 0 Å². The summed E-state index contributed by atoms with van der Waals surface area (Å²) in [4.78, 5) is 18.7. The highest BCUT2D eigenvalue weighted by atomic mass is 19.4. The number of hydrogen-bond acceptors (Lipinski definition) is 9. The molecule has 1 amide bonds. The van der Waals surface area contributed by atoms with Gasteiger partial charge in [0.2, 0.25) is 5.95 Å². The summed E-state index contributed by atoms with van der Waals surface area (Å²) in [5.74, 6) is -0.676. The van der Waals surface area contributed by atoms with Crippen LogP contribution in [0.15, 0.2) is 12.1 Å². The molecule has 0 saturated heterocycles. The minimum absolute atomic E-state index is 0.0199. The SMILES string of the molecule is CN(Cc1nnn(C)n1)c1nc(C(F)(F)F)ccc1C(=O)Nc1nnnn1C. The molecule has 3 aromatic rings. The third-order valence-electron chi connectivity index (χ3n) is 3.55. The molecule has 0 unspecified atom stereocenters. The molecule has 0 saturated carbocycles. The maximum Gasteiger partial charge on any atom is 0.433 e. The van der Waals surface area contributed by atoms with E-state index in [4.69, 9.17) is 0 Å². The number of rotatable bonds is 5. The van der Waals surface area contributed by atoms with Crippen molar-refractivity contribution in [3.05, 3.63) is 29.2 Å². The molecule has 0 atom stereocenters. The molecule has 3 aromatic heterocycles. The second-order valence-corrected chi connectivity index (χ2v) is 5.70. The fraction of sp³-hybridized carbons (Fsp3) is 0.385. The molecule has 0 fully saturated rings. The first-order valence-corrected chi connectivity index (χ1v) is 7.71. The Hall–Kier alpha value is -3.65. The lowest BCUT2D eigenvalue weighted by Gasteiger charge is -2.20. The number of pyridine rings is 1. The normalized spacial score (nSPS) is 11.5. The maximum atomic E-state index is 13.1. The number of carbonyl (C=O) groups is 1. The minimum atomic E-state index is -4.68. The average Bonchev–Trinajstić information content (AvgIpc) is 3.21. The molecule has 0 bridgehead atoms. The van der Waals surface area contributed by atoms with Gasteiger partial charge in [-0.15, -0.1) is 10.2 Å². The first-order chi connectivity index (χ1) is 13.1. The van der Waals surface area contributed by atoms with Crippen LogP contribution in [-0.4, -0.2) is 58.4 Å². The molecule has 0 aliphatic rings. The second kappa shape index (κ2) is 7.16. The first kappa shape index (κ1) is 19.1. The van der Waals surface area contributed by atoms with Crippen molar-refractivity contribution >= 4 is 17.7 Å². The van der Waals surface area contributed by atoms with Crippen LogP contribution < -0.4 is 10.2 Å². The Morgan fingerprint density at radius 2 is 1.96 bits per heavy atom. The van der Waals surface area contributed by atoms with Crippen molar-refractivity contribution in [1.29, 1.82) is 0 Å². The van der Waals surface area contributed by atoms with Gasteiger partial charge in [0.1, 0.15) is 11.5 Å². The summed E-state index contributed by atoms with van der Waals surface area (Å²) in [6.07, 6.45) is -4.68. The third kappa shape index (κ3) is 4.02. The molecule has 0 spiro atoms. The summed E-state index contributed by atoms with van der Waals surface area (Å²) in [6.45, 7) is -0.0199. The number of halogens is 3. The van der Waals surface area contributed by atoms with Gasteiger partial charge in [-0.05, 0) is 27.8 Å². The zero-order chi connectivity index (χ0) is 20.5. The number of alkyl halides is 3. The number of tetrazole rings is 2. The average molecular weight is 397 g/mol. The highest BCUT2D eigenvalue weighted by molar-refractivity contribution is 6.06. The fourth-order valence-electron chi connectivity index (χ4n) is 2.25. The van der Waals surface area contributed by atoms with Gasteiger partial charge in [0.25, 0.3) is 5.91 Å². The minimum Gasteiger partial charge on any atom is -0.351 e. The fourth-order valence-corrected chi connectivity index (χ4v) is 2.25. The highest BCUT2D eigenvalue weighted by Gasteiger charge is 2.34. The summed E-state index contributed by atoms with van der Waals surface area (Å²) >= 11 is 0. The zero-order valence-electron chi connectivity index (χ0n) is 14.9. The summed E-state index contributed by atoms with van der Waals surface area (Å²) in [5.41, 5.74) is -1.25. The molecule has 3 rings (SSSR count). The number of carbonyl (C=O) groups excluding carboxylic acids is 1. The summed E-state index contributed by atoms with van der Waals surface area (Å²) in [5, 5.41) is 24.4. The Kier molecular flexibility index (Phi) is 4.89. The van der Waals surface area contributed by atoms with E-state index in [1.165, 1.54) is 28.5 Å². The number of anilines is 2. The van der Waals surface area contributed by atoms with Crippen molar-refractivity contribution in [3.63, 3.8) is 0 Å². The van der Waals surface area contributed by atoms with Crippen LogP contribution in [0.4, 0.5) is 24.9 Å². The van der Waals surface area contributed by atoms with Crippen LogP contribution in [-0.2, 0) is 26.8 Å². The number of hydrogen-bond donors (Lipinski definition) is 1. The van der Waals surface area contributed by atoms with E-state index in [1.807, 2.05) is 0 Å². The monoisotopic (exact) mass is 397 g/mol. The largest absolute Gasteiger partial charge is 0.433 e. The lowest BCUT2D eigenvalue weighted by molar-refractivity contribution is -0.141. The van der Waals surface area contributed by atoms with Gasteiger partial charge < -0.3 is 4.90 Å². The topological polar surface area (TPSA) is 132 Å². The van der Waals surface area contributed by atoms with E-state index < -0.39 is 17.8 Å². The van der Waals surface area contributed by atoms with Gasteiger partial charge in [0.15, 0.2) is 5.82 Å². The maximum absolute atomic E-state index is 13.1. The Balaban J connectivity index is 1.96. The van der Waals surface area contributed by atoms with Gasteiger partial charge in [-0.25, -0.2) is 9.67 Å². The first-order valence-electron chi connectivity index (χ1n) is 7.71. The van der Waals surface area contributed by atoms with Crippen molar-refractivity contribution in [2.24, 2.45) is 14.1 Å². The lowest BCUT2D eigenvalue weighted by atomic mass is 10.2. The van der Waals surface area contributed by atoms with Crippen LogP contribution in [0, 0.1) is 0 Å². The predicted octanol–water partition coefficient (Wildman–Crippen LogP) is 0.0361. The van der Waals surface area contributed by atoms with Crippen molar-refractivity contribution in [1.82, 2.24) is 45.4 Å². The van der Waals surface area contributed by atoms with E-state index in [2.05, 4.69) is 41.2 Å². The highest BCUT2D eigenvalue weighted by Crippen LogP contribution is 2.30. The number of aryl methyl sites for hydroxylation is 2. The quantitative estimate of drug-likeness (QED) is 0.633. The molecule has 0 aromatic carbocycles. The molecule has 28 heavy (non-hydrogen) atoms. The van der Waals surface area contributed by atoms with E-state index in [0.29, 0.717) is 0 Å². The van der Waals surface area contributed by atoms with Gasteiger partial charge in [0, 0.05) is 14.1 Å². The van der Waals surface area contributed by atoms with Gasteiger partial charge in [0.05, 0.1) is 19.2 Å². The summed E-state index contributed by atoms with van der Waals surface area (Å²) in [6, 6.07) is 1.76. The van der Waals surface area contributed by atoms with Crippen molar-refractivity contribution in [3.8, 4) is 0 Å². The molecular formula is C13H14F3N11O. The van der Waals surface area contributed by atoms with Gasteiger partial charge in [-0.3, -0.25) is 10.1 Å². The Morgan fingerprint density at radius 3 is 2.54 bits per heavy atom. The molecule has 1 N–H and O–H groups in total. The molecule has 15 heteroatoms. The van der Waals surface area contributed by atoms with E-state index in [-0.39, 0.29) is 29.7 Å². The number of amides is 1. The van der Waals surface area contributed by atoms with E-state index in [0.717, 1.165) is 12.1 Å². The Morgan fingerprint density at radius 1 is 1.21 bits per heavy atom. The van der Waals surface area contributed by atoms with Crippen LogP contribution >= 0.6 is 0 Å². The zero-order valence-corrected chi connectivity index (χ0v) is 14.9. The lowest BCUT2D eigenvalue weighted by Crippen LogP contribution is -2.26. The third-order valence-corrected chi connectivity index (χ3v) is 3.55. The molecule has 12 nitrogen and oxygen atoms in total. The number of nitrogens with one attached hydrogen (secondary N) is 1. The van der Waals surface area contributed by atoms with Crippen LogP contribution in [0.1, 0.15) is 21.9 Å². The summed E-state index contributed by atoms with van der Waals surface area (Å²) < 4.78 is 40.5. The molecule has 0 radical (unpaired) electrons. The molecule has 0 aliphatic heterocycles. The number of aromatic nitrogens is 9.